The number of nitrogens with zero attached hydrogens (tertiary/aromatic N) is 4. The van der Waals surface area contributed by atoms with E-state index in [0.29, 0.717) is 0 Å². The topological polar surface area (TPSA) is 34.0 Å². The molecule has 0 N–H and O–H groups in total. The van der Waals surface area contributed by atoms with Crippen LogP contribution in [-0.4, -0.2) is 32.8 Å². The number of piperidine rings is 1. The molecule has 1 aromatic heterocycles. The van der Waals surface area contributed by atoms with Crippen LogP contribution in [0.5, 0.6) is 0 Å². The van der Waals surface area contributed by atoms with Gasteiger partial charge in [0.1, 0.15) is 0 Å². The summed E-state index contributed by atoms with van der Waals surface area (Å²) in [5.74, 6) is 1.88. The van der Waals surface area contributed by atoms with Gasteiger partial charge in [0.25, 0.3) is 0 Å². The Bertz CT molecular complexity index is 875. The van der Waals surface area contributed by atoms with E-state index in [2.05, 4.69) is 78.1 Å². The van der Waals surface area contributed by atoms with Gasteiger partial charge in [0, 0.05) is 15.9 Å². The third-order valence-electron chi connectivity index (χ3n) is 4.84. The molecule has 3 aromatic rings. The molecule has 1 fully saturated rings. The lowest BCUT2D eigenvalue weighted by molar-refractivity contribution is 0.214. The monoisotopic (exact) mass is 442 g/mol. The highest BCUT2D eigenvalue weighted by molar-refractivity contribution is 9.10. The molecule has 2 heterocycles. The number of thioether (sulfide) groups is 1. The summed E-state index contributed by atoms with van der Waals surface area (Å²) < 4.78 is 3.35. The van der Waals surface area contributed by atoms with E-state index in [0.717, 1.165) is 46.5 Å². The van der Waals surface area contributed by atoms with Crippen LogP contribution in [0.1, 0.15) is 30.7 Å². The molecule has 0 radical (unpaired) electrons. The Labute approximate surface area is 173 Å². The van der Waals surface area contributed by atoms with Gasteiger partial charge in [-0.05, 0) is 49.7 Å². The standard InChI is InChI=1S/C21H23BrN4S/c22-19-12-6-5-9-17(19)16-27-21-24-23-20(15-25-13-7-2-8-14-25)26(21)18-10-3-1-4-11-18/h1,3-6,9-12H,2,7-8,13-16H2. The fourth-order valence-corrected chi connectivity index (χ4v) is 4.99. The minimum absolute atomic E-state index is 0.857. The van der Waals surface area contributed by atoms with E-state index in [1.165, 1.54) is 24.8 Å². The molecule has 1 aliphatic rings. The summed E-state index contributed by atoms with van der Waals surface area (Å²) >= 11 is 5.37. The number of likely N-dealkylation sites (tertiary alicyclic amines) is 1. The summed E-state index contributed by atoms with van der Waals surface area (Å²) in [6.45, 7) is 3.17. The van der Waals surface area contributed by atoms with Crippen LogP contribution in [0.2, 0.25) is 0 Å². The first-order valence-corrected chi connectivity index (χ1v) is 11.2. The predicted octanol–water partition coefficient (Wildman–Crippen LogP) is 5.31. The van der Waals surface area contributed by atoms with Gasteiger partial charge in [0.2, 0.25) is 0 Å². The highest BCUT2D eigenvalue weighted by Gasteiger charge is 2.19. The highest BCUT2D eigenvalue weighted by atomic mass is 79.9. The van der Waals surface area contributed by atoms with Crippen molar-refractivity contribution in [3.05, 3.63) is 70.5 Å². The van der Waals surface area contributed by atoms with Gasteiger partial charge in [-0.1, -0.05) is 70.5 Å². The molecular formula is C21H23BrN4S. The van der Waals surface area contributed by atoms with E-state index in [-0.39, 0.29) is 0 Å². The zero-order valence-corrected chi connectivity index (χ0v) is 17.6. The first kappa shape index (κ1) is 18.7. The van der Waals surface area contributed by atoms with Crippen LogP contribution in [0, 0.1) is 0 Å². The van der Waals surface area contributed by atoms with Gasteiger partial charge in [-0.2, -0.15) is 0 Å². The fraction of sp³-hybridized carbons (Fsp3) is 0.333. The van der Waals surface area contributed by atoms with Gasteiger partial charge < -0.3 is 0 Å². The van der Waals surface area contributed by atoms with Crippen molar-refractivity contribution in [2.75, 3.05) is 13.1 Å². The minimum atomic E-state index is 0.857. The second kappa shape index (κ2) is 9.04. The normalized spacial score (nSPS) is 15.1. The summed E-state index contributed by atoms with van der Waals surface area (Å²) in [7, 11) is 0. The maximum atomic E-state index is 4.56. The van der Waals surface area contributed by atoms with Crippen molar-refractivity contribution < 1.29 is 0 Å². The minimum Gasteiger partial charge on any atom is -0.296 e. The predicted molar refractivity (Wildman–Crippen MR) is 114 cm³/mol. The van der Waals surface area contributed by atoms with Crippen LogP contribution < -0.4 is 0 Å². The lowest BCUT2D eigenvalue weighted by atomic mass is 10.1. The van der Waals surface area contributed by atoms with Crippen molar-refractivity contribution >= 4 is 27.7 Å². The molecule has 4 rings (SSSR count). The van der Waals surface area contributed by atoms with Crippen LogP contribution in [0.25, 0.3) is 5.69 Å². The van der Waals surface area contributed by atoms with Crippen LogP contribution in [0.15, 0.2) is 64.2 Å². The lowest BCUT2D eigenvalue weighted by Crippen LogP contribution is -2.30. The lowest BCUT2D eigenvalue weighted by Gasteiger charge is -2.26. The number of rotatable bonds is 6. The summed E-state index contributed by atoms with van der Waals surface area (Å²) in [5.41, 5.74) is 2.40. The molecule has 0 spiro atoms. The molecular weight excluding hydrogens is 420 g/mol. The Balaban J connectivity index is 1.59. The maximum Gasteiger partial charge on any atom is 0.196 e. The SMILES string of the molecule is Brc1ccccc1CSc1nnc(CN2CCCCC2)n1-c1ccccc1. The number of benzene rings is 2. The van der Waals surface area contributed by atoms with E-state index in [1.54, 1.807) is 11.8 Å². The third kappa shape index (κ3) is 4.62. The molecule has 0 amide bonds. The van der Waals surface area contributed by atoms with E-state index in [9.17, 15) is 0 Å². The number of hydrogen-bond donors (Lipinski definition) is 0. The summed E-state index contributed by atoms with van der Waals surface area (Å²) in [5, 5.41) is 10.0. The van der Waals surface area contributed by atoms with Crippen LogP contribution in [0.4, 0.5) is 0 Å². The van der Waals surface area contributed by atoms with Gasteiger partial charge >= 0.3 is 0 Å². The molecule has 0 aliphatic carbocycles. The van der Waals surface area contributed by atoms with E-state index in [4.69, 9.17) is 0 Å². The van der Waals surface area contributed by atoms with Gasteiger partial charge in [-0.3, -0.25) is 9.47 Å². The Morgan fingerprint density at radius 3 is 2.41 bits per heavy atom. The van der Waals surface area contributed by atoms with E-state index >= 15 is 0 Å². The average molecular weight is 443 g/mol. The largest absolute Gasteiger partial charge is 0.296 e. The Morgan fingerprint density at radius 1 is 0.889 bits per heavy atom. The molecule has 0 saturated carbocycles. The highest BCUT2D eigenvalue weighted by Crippen LogP contribution is 2.28. The number of hydrogen-bond acceptors (Lipinski definition) is 4. The molecule has 2 aromatic carbocycles. The van der Waals surface area contributed by atoms with Crippen LogP contribution in [0.3, 0.4) is 0 Å². The van der Waals surface area contributed by atoms with Crippen molar-refractivity contribution in [1.29, 1.82) is 0 Å². The molecule has 1 aliphatic heterocycles. The number of para-hydroxylation sites is 1. The average Bonchev–Trinajstić information content (AvgIpc) is 3.11. The van der Waals surface area contributed by atoms with E-state index in [1.807, 2.05) is 12.1 Å². The van der Waals surface area contributed by atoms with E-state index < -0.39 is 0 Å². The van der Waals surface area contributed by atoms with Crippen molar-refractivity contribution in [1.82, 2.24) is 19.7 Å². The van der Waals surface area contributed by atoms with Crippen LogP contribution >= 0.6 is 27.7 Å². The summed E-state index contributed by atoms with van der Waals surface area (Å²) in [6, 6.07) is 18.8. The first-order valence-electron chi connectivity index (χ1n) is 9.39. The molecule has 0 atom stereocenters. The molecule has 6 heteroatoms. The number of aromatic nitrogens is 3. The number of halogens is 1. The quantitative estimate of drug-likeness (QED) is 0.484. The van der Waals surface area contributed by atoms with Crippen LogP contribution in [-0.2, 0) is 12.3 Å². The van der Waals surface area contributed by atoms with Crippen molar-refractivity contribution in [2.24, 2.45) is 0 Å². The Morgan fingerprint density at radius 2 is 1.63 bits per heavy atom. The zero-order valence-electron chi connectivity index (χ0n) is 15.2. The molecule has 0 bridgehead atoms. The van der Waals surface area contributed by atoms with Gasteiger partial charge in [-0.25, -0.2) is 0 Å². The smallest absolute Gasteiger partial charge is 0.196 e. The first-order chi connectivity index (χ1) is 13.3. The maximum absolute atomic E-state index is 4.56. The van der Waals surface area contributed by atoms with Crippen molar-refractivity contribution in [2.45, 2.75) is 36.7 Å². The van der Waals surface area contributed by atoms with Crippen molar-refractivity contribution in [3.63, 3.8) is 0 Å². The van der Waals surface area contributed by atoms with Gasteiger partial charge in [0.05, 0.1) is 6.54 Å². The third-order valence-corrected chi connectivity index (χ3v) is 6.59. The Kier molecular flexibility index (Phi) is 6.27. The fourth-order valence-electron chi connectivity index (χ4n) is 3.41. The van der Waals surface area contributed by atoms with Crippen molar-refractivity contribution in [3.8, 4) is 5.69 Å². The molecule has 140 valence electrons. The zero-order chi connectivity index (χ0) is 18.5. The van der Waals surface area contributed by atoms with Gasteiger partial charge in [-0.15, -0.1) is 10.2 Å². The summed E-state index contributed by atoms with van der Waals surface area (Å²) in [4.78, 5) is 2.50. The second-order valence-corrected chi connectivity index (χ2v) is 8.58. The molecule has 1 saturated heterocycles. The molecule has 0 unspecified atom stereocenters. The second-order valence-electron chi connectivity index (χ2n) is 6.79. The molecule has 27 heavy (non-hydrogen) atoms. The Hall–Kier alpha value is -1.63. The summed E-state index contributed by atoms with van der Waals surface area (Å²) in [6.07, 6.45) is 3.90. The molecule has 4 nitrogen and oxygen atoms in total. The van der Waals surface area contributed by atoms with Gasteiger partial charge in [0.15, 0.2) is 11.0 Å².